The number of carbonyl (C=O) groups is 4. The van der Waals surface area contributed by atoms with Crippen molar-refractivity contribution in [1.82, 2.24) is 19.4 Å². The number of amides is 2. The van der Waals surface area contributed by atoms with Gasteiger partial charge in [-0.2, -0.15) is 8.75 Å². The summed E-state index contributed by atoms with van der Waals surface area (Å²) < 4.78 is 18.1. The highest BCUT2D eigenvalue weighted by atomic mass is 32.1. The molecule has 0 aliphatic heterocycles. The van der Waals surface area contributed by atoms with Gasteiger partial charge in [0.2, 0.25) is 0 Å². The first-order valence-electron chi connectivity index (χ1n) is 13.4. The quantitative estimate of drug-likeness (QED) is 0.168. The fourth-order valence-electron chi connectivity index (χ4n) is 3.38. The van der Waals surface area contributed by atoms with Crippen LogP contribution in [0.2, 0.25) is 0 Å². The topological polar surface area (TPSA) is 246 Å². The molecule has 2 atom stereocenters. The minimum absolute atomic E-state index is 0.00293. The van der Waals surface area contributed by atoms with Crippen LogP contribution in [0.1, 0.15) is 75.5 Å². The second-order valence-corrected chi connectivity index (χ2v) is 13.3. The number of nitrogen functional groups attached to an aromatic ring is 1. The van der Waals surface area contributed by atoms with Gasteiger partial charge in [-0.3, -0.25) is 10.1 Å². The lowest BCUT2D eigenvalue weighted by atomic mass is 10.1. The SMILES string of the molecule is Cc1nsc(CC[C@H](NC(=O)OC(C)(C)C)C(=O)O)c1N.Cc1nsc(CC[C@H](NC(=O)OC(C)(C)C)C(=O)O)c1[N+](=O)[O-]. The Morgan fingerprint density at radius 1 is 0.841 bits per heavy atom. The summed E-state index contributed by atoms with van der Waals surface area (Å²) >= 11 is 2.21. The average molecular weight is 661 g/mol. The average Bonchev–Trinajstić information content (AvgIpc) is 3.38. The molecule has 246 valence electrons. The van der Waals surface area contributed by atoms with E-state index < -0.39 is 52.3 Å². The Bertz CT molecular complexity index is 1330. The van der Waals surface area contributed by atoms with Crippen LogP contribution in [-0.4, -0.2) is 71.3 Å². The molecule has 2 heterocycles. The number of anilines is 1. The van der Waals surface area contributed by atoms with Crippen LogP contribution in [-0.2, 0) is 31.9 Å². The highest BCUT2D eigenvalue weighted by molar-refractivity contribution is 7.06. The van der Waals surface area contributed by atoms with Crippen molar-refractivity contribution in [2.45, 2.75) is 104 Å². The maximum atomic E-state index is 11.6. The molecule has 0 radical (unpaired) electrons. The van der Waals surface area contributed by atoms with Crippen molar-refractivity contribution in [3.05, 3.63) is 31.3 Å². The Kier molecular flexibility index (Phi) is 13.9. The third kappa shape index (κ3) is 13.5. The molecule has 2 aromatic rings. The van der Waals surface area contributed by atoms with Crippen LogP contribution in [0.4, 0.5) is 21.0 Å². The molecule has 2 aromatic heterocycles. The lowest BCUT2D eigenvalue weighted by Crippen LogP contribution is -2.43. The molecule has 44 heavy (non-hydrogen) atoms. The molecule has 0 aliphatic rings. The fraction of sp³-hybridized carbons (Fsp3) is 0.615. The number of aryl methyl sites for hydroxylation is 4. The predicted molar refractivity (Wildman–Crippen MR) is 163 cm³/mol. The number of hydrogen-bond acceptors (Lipinski definition) is 13. The number of alkyl carbamates (subject to hydrolysis) is 2. The predicted octanol–water partition coefficient (Wildman–Crippen LogP) is 4.21. The molecule has 6 N–H and O–H groups in total. The normalized spacial score (nSPS) is 12.6. The number of aromatic nitrogens is 2. The number of rotatable bonds is 11. The van der Waals surface area contributed by atoms with Gasteiger partial charge in [0.1, 0.15) is 33.9 Å². The van der Waals surface area contributed by atoms with Crippen molar-refractivity contribution in [2.75, 3.05) is 5.73 Å². The minimum atomic E-state index is -1.24. The van der Waals surface area contributed by atoms with Crippen LogP contribution in [0.5, 0.6) is 0 Å². The number of carboxylic acids is 2. The summed E-state index contributed by atoms with van der Waals surface area (Å²) in [5, 5.41) is 33.9. The van der Waals surface area contributed by atoms with E-state index in [1.54, 1.807) is 48.5 Å². The molecular weight excluding hydrogens is 620 g/mol. The Labute approximate surface area is 262 Å². The summed E-state index contributed by atoms with van der Waals surface area (Å²) in [6.07, 6.45) is -0.820. The smallest absolute Gasteiger partial charge is 0.408 e. The molecule has 0 saturated carbocycles. The van der Waals surface area contributed by atoms with Crippen LogP contribution < -0.4 is 16.4 Å². The third-order valence-corrected chi connectivity index (χ3v) is 7.36. The van der Waals surface area contributed by atoms with E-state index in [-0.39, 0.29) is 24.9 Å². The maximum absolute atomic E-state index is 11.6. The van der Waals surface area contributed by atoms with E-state index in [1.807, 2.05) is 0 Å². The molecule has 0 aliphatic carbocycles. The van der Waals surface area contributed by atoms with Gasteiger partial charge in [0.05, 0.1) is 16.3 Å². The number of ether oxygens (including phenoxy) is 2. The first-order chi connectivity index (χ1) is 20.1. The standard InChI is InChI=1S/C13H19N3O6S.C13H21N3O4S/c1-7-10(16(20)21)9(23-15-7)6-5-8(11(17)18)14-12(19)22-13(2,3)4;1-7-10(14)9(21-16-7)6-5-8(11(17)18)15-12(19)20-13(2,3)4/h8H,5-6H2,1-4H3,(H,14,19)(H,17,18);8H,5-6,14H2,1-4H3,(H,15,19)(H,17,18)/t2*8-/m00/s1. The van der Waals surface area contributed by atoms with Gasteiger partial charge in [-0.05, 0) is 104 Å². The van der Waals surface area contributed by atoms with Crippen molar-refractivity contribution in [1.29, 1.82) is 0 Å². The van der Waals surface area contributed by atoms with E-state index in [9.17, 15) is 29.3 Å². The summed E-state index contributed by atoms with van der Waals surface area (Å²) in [7, 11) is 0. The molecule has 2 rings (SSSR count). The number of nitro groups is 1. The molecule has 0 unspecified atom stereocenters. The number of nitrogens with one attached hydrogen (secondary N) is 2. The van der Waals surface area contributed by atoms with E-state index in [0.29, 0.717) is 22.7 Å². The zero-order chi connectivity index (χ0) is 34.0. The number of nitrogens with zero attached hydrogens (tertiary/aromatic N) is 3. The molecule has 18 heteroatoms. The lowest BCUT2D eigenvalue weighted by Gasteiger charge is -2.21. The molecule has 16 nitrogen and oxygen atoms in total. The molecule has 0 aromatic carbocycles. The Hall–Kier alpha value is -4.06. The van der Waals surface area contributed by atoms with Crippen molar-refractivity contribution < 1.29 is 43.8 Å². The van der Waals surface area contributed by atoms with Gasteiger partial charge in [-0.25, -0.2) is 19.2 Å². The first kappa shape index (κ1) is 38.0. The summed E-state index contributed by atoms with van der Waals surface area (Å²) in [5.41, 5.74) is 5.93. The van der Waals surface area contributed by atoms with Crippen LogP contribution in [0.15, 0.2) is 0 Å². The summed E-state index contributed by atoms with van der Waals surface area (Å²) in [5.74, 6) is -2.35. The number of nitrogens with two attached hydrogens (primary N) is 1. The number of aliphatic carboxylic acids is 2. The van der Waals surface area contributed by atoms with Crippen molar-refractivity contribution in [3.63, 3.8) is 0 Å². The molecular formula is C26H40N6O10S2. The number of carboxylic acid groups (broad SMARTS) is 2. The van der Waals surface area contributed by atoms with E-state index in [2.05, 4.69) is 19.4 Å². The zero-order valence-corrected chi connectivity index (χ0v) is 27.5. The summed E-state index contributed by atoms with van der Waals surface area (Å²) in [4.78, 5) is 57.4. The number of hydrogen-bond donors (Lipinski definition) is 5. The monoisotopic (exact) mass is 660 g/mol. The van der Waals surface area contributed by atoms with Crippen LogP contribution in [0, 0.1) is 24.0 Å². The van der Waals surface area contributed by atoms with Gasteiger partial charge >= 0.3 is 29.8 Å². The second kappa shape index (κ2) is 16.1. The molecule has 0 saturated heterocycles. The minimum Gasteiger partial charge on any atom is -0.480 e. The Morgan fingerprint density at radius 3 is 1.57 bits per heavy atom. The highest BCUT2D eigenvalue weighted by Crippen LogP contribution is 2.28. The zero-order valence-electron chi connectivity index (χ0n) is 25.9. The van der Waals surface area contributed by atoms with Crippen LogP contribution >= 0.6 is 23.1 Å². The largest absolute Gasteiger partial charge is 0.480 e. The van der Waals surface area contributed by atoms with Gasteiger partial charge in [0.15, 0.2) is 0 Å². The molecule has 0 bridgehead atoms. The third-order valence-electron chi connectivity index (χ3n) is 5.36. The van der Waals surface area contributed by atoms with Crippen molar-refractivity contribution in [3.8, 4) is 0 Å². The lowest BCUT2D eigenvalue weighted by molar-refractivity contribution is -0.385. The summed E-state index contributed by atoms with van der Waals surface area (Å²) in [6.45, 7) is 13.4. The van der Waals surface area contributed by atoms with E-state index in [1.165, 1.54) is 18.5 Å². The van der Waals surface area contributed by atoms with E-state index >= 15 is 0 Å². The van der Waals surface area contributed by atoms with Gasteiger partial charge in [-0.15, -0.1) is 0 Å². The Morgan fingerprint density at radius 2 is 1.23 bits per heavy atom. The molecule has 0 fully saturated rings. The molecule has 0 spiro atoms. The van der Waals surface area contributed by atoms with Crippen molar-refractivity contribution >= 4 is 58.6 Å². The highest BCUT2D eigenvalue weighted by Gasteiger charge is 2.27. The van der Waals surface area contributed by atoms with Crippen LogP contribution in [0.3, 0.4) is 0 Å². The summed E-state index contributed by atoms with van der Waals surface area (Å²) in [6, 6.07) is -2.23. The van der Waals surface area contributed by atoms with Crippen molar-refractivity contribution in [2.24, 2.45) is 0 Å². The maximum Gasteiger partial charge on any atom is 0.408 e. The van der Waals surface area contributed by atoms with Gasteiger partial charge in [0.25, 0.3) is 0 Å². The van der Waals surface area contributed by atoms with E-state index in [4.69, 9.17) is 25.4 Å². The van der Waals surface area contributed by atoms with Gasteiger partial charge < -0.3 is 36.1 Å². The first-order valence-corrected chi connectivity index (χ1v) is 14.9. The fourth-order valence-corrected chi connectivity index (χ4v) is 5.03. The second-order valence-electron chi connectivity index (χ2n) is 11.6. The van der Waals surface area contributed by atoms with Gasteiger partial charge in [-0.1, -0.05) is 0 Å². The number of carbonyl (C=O) groups excluding carboxylic acids is 2. The van der Waals surface area contributed by atoms with Crippen LogP contribution in [0.25, 0.3) is 0 Å². The molecule has 2 amide bonds. The van der Waals surface area contributed by atoms with Gasteiger partial charge in [0, 0.05) is 4.88 Å². The van der Waals surface area contributed by atoms with E-state index in [0.717, 1.165) is 22.1 Å². The Balaban J connectivity index is 0.000000442.